The number of ether oxygens (including phenoxy) is 1. The Morgan fingerprint density at radius 3 is 2.50 bits per heavy atom. The van der Waals surface area contributed by atoms with E-state index >= 15 is 0 Å². The summed E-state index contributed by atoms with van der Waals surface area (Å²) in [5.74, 6) is 0.147. The number of benzene rings is 1. The molecule has 0 aliphatic carbocycles. The molecule has 0 radical (unpaired) electrons. The average Bonchev–Trinajstić information content (AvgIpc) is 2.06. The topological polar surface area (TPSA) is 29.5 Å². The molecule has 3 heteroatoms. The molecule has 2 nitrogen and oxygen atoms in total. The van der Waals surface area contributed by atoms with Crippen LogP contribution in [0.3, 0.4) is 0 Å². The zero-order valence-electron chi connectivity index (χ0n) is 8.67. The van der Waals surface area contributed by atoms with Crippen LogP contribution in [0, 0.1) is 5.82 Å². The Hall–Kier alpha value is -1.09. The minimum absolute atomic E-state index is 0.294. The van der Waals surface area contributed by atoms with Crippen molar-refractivity contribution in [1.82, 2.24) is 0 Å². The van der Waals surface area contributed by atoms with Gasteiger partial charge < -0.3 is 9.84 Å². The number of methoxy groups -OCH3 is 1. The predicted molar refractivity (Wildman–Crippen MR) is 53.0 cm³/mol. The van der Waals surface area contributed by atoms with Crippen molar-refractivity contribution in [3.63, 3.8) is 0 Å². The number of rotatable bonds is 3. The molecule has 0 saturated heterocycles. The van der Waals surface area contributed by atoms with Crippen LogP contribution in [0.5, 0.6) is 5.75 Å². The van der Waals surface area contributed by atoms with Crippen LogP contribution < -0.4 is 4.74 Å². The van der Waals surface area contributed by atoms with Gasteiger partial charge in [-0.05, 0) is 25.5 Å². The van der Waals surface area contributed by atoms with Gasteiger partial charge in [0.05, 0.1) is 12.7 Å². The molecule has 0 fully saturated rings. The second-order valence-corrected chi connectivity index (χ2v) is 3.95. The highest BCUT2D eigenvalue weighted by atomic mass is 19.1. The molecule has 0 saturated carbocycles. The lowest BCUT2D eigenvalue weighted by atomic mass is 9.98. The molecule has 0 spiro atoms. The number of hydrogen-bond donors (Lipinski definition) is 1. The Bertz CT molecular complexity index is 316. The van der Waals surface area contributed by atoms with Crippen LogP contribution in [0.2, 0.25) is 0 Å². The Balaban J connectivity index is 2.89. The molecule has 1 rings (SSSR count). The van der Waals surface area contributed by atoms with Crippen molar-refractivity contribution in [2.45, 2.75) is 25.9 Å². The minimum Gasteiger partial charge on any atom is -0.497 e. The van der Waals surface area contributed by atoms with E-state index in [-0.39, 0.29) is 5.82 Å². The van der Waals surface area contributed by atoms with E-state index in [4.69, 9.17) is 4.74 Å². The Morgan fingerprint density at radius 2 is 2.07 bits per heavy atom. The summed E-state index contributed by atoms with van der Waals surface area (Å²) in [7, 11) is 1.49. The lowest BCUT2D eigenvalue weighted by molar-refractivity contribution is 0.0800. The number of hydrogen-bond acceptors (Lipinski definition) is 2. The van der Waals surface area contributed by atoms with Crippen molar-refractivity contribution in [2.24, 2.45) is 0 Å². The zero-order valence-corrected chi connectivity index (χ0v) is 8.67. The first-order valence-corrected chi connectivity index (χ1v) is 4.47. The molecule has 14 heavy (non-hydrogen) atoms. The van der Waals surface area contributed by atoms with Crippen molar-refractivity contribution in [2.75, 3.05) is 7.11 Å². The third-order valence-electron chi connectivity index (χ3n) is 1.88. The van der Waals surface area contributed by atoms with Crippen LogP contribution in [-0.4, -0.2) is 17.8 Å². The first kappa shape index (κ1) is 11.0. The van der Waals surface area contributed by atoms with Gasteiger partial charge >= 0.3 is 0 Å². The number of halogens is 1. The molecular weight excluding hydrogens is 183 g/mol. The molecule has 0 bridgehead atoms. The van der Waals surface area contributed by atoms with E-state index in [0.717, 1.165) is 0 Å². The molecular formula is C11H15FO2. The van der Waals surface area contributed by atoms with Gasteiger partial charge in [-0.2, -0.15) is 0 Å². The fourth-order valence-electron chi connectivity index (χ4n) is 1.26. The van der Waals surface area contributed by atoms with E-state index in [1.54, 1.807) is 26.0 Å². The van der Waals surface area contributed by atoms with Gasteiger partial charge in [0.15, 0.2) is 0 Å². The molecule has 0 aliphatic rings. The summed E-state index contributed by atoms with van der Waals surface area (Å²) in [5.41, 5.74) is -0.395. The first-order valence-electron chi connectivity index (χ1n) is 4.47. The van der Waals surface area contributed by atoms with Crippen molar-refractivity contribution in [1.29, 1.82) is 0 Å². The summed E-state index contributed by atoms with van der Waals surface area (Å²) in [5, 5.41) is 9.52. The summed E-state index contributed by atoms with van der Waals surface area (Å²) in [6.45, 7) is 3.30. The molecule has 0 unspecified atom stereocenters. The summed E-state index contributed by atoms with van der Waals surface area (Å²) in [6.07, 6.45) is 0.294. The molecule has 1 aromatic carbocycles. The lowest BCUT2D eigenvalue weighted by Gasteiger charge is -2.17. The SMILES string of the molecule is COc1ccc(CC(C)(C)O)c(F)c1. The van der Waals surface area contributed by atoms with E-state index in [1.807, 2.05) is 0 Å². The van der Waals surface area contributed by atoms with Gasteiger partial charge in [-0.1, -0.05) is 6.07 Å². The maximum Gasteiger partial charge on any atom is 0.130 e. The van der Waals surface area contributed by atoms with Crippen LogP contribution in [0.4, 0.5) is 4.39 Å². The normalized spacial score (nSPS) is 11.5. The van der Waals surface area contributed by atoms with Crippen LogP contribution >= 0.6 is 0 Å². The van der Waals surface area contributed by atoms with E-state index in [0.29, 0.717) is 17.7 Å². The van der Waals surface area contributed by atoms with E-state index < -0.39 is 5.60 Å². The zero-order chi connectivity index (χ0) is 10.8. The Labute approximate surface area is 83.3 Å². The van der Waals surface area contributed by atoms with Crippen molar-refractivity contribution in [3.8, 4) is 5.75 Å². The summed E-state index contributed by atoms with van der Waals surface area (Å²) >= 11 is 0. The molecule has 0 amide bonds. The molecule has 0 atom stereocenters. The quantitative estimate of drug-likeness (QED) is 0.806. The largest absolute Gasteiger partial charge is 0.497 e. The molecule has 0 aliphatic heterocycles. The monoisotopic (exact) mass is 198 g/mol. The standard InChI is InChI=1S/C11H15FO2/c1-11(2,13)7-8-4-5-9(14-3)6-10(8)12/h4-6,13H,7H2,1-3H3. The maximum absolute atomic E-state index is 13.4. The molecule has 0 heterocycles. The van der Waals surface area contributed by atoms with Gasteiger partial charge in [0, 0.05) is 12.5 Å². The third-order valence-corrected chi connectivity index (χ3v) is 1.88. The van der Waals surface area contributed by atoms with Crippen molar-refractivity contribution >= 4 is 0 Å². The minimum atomic E-state index is -0.893. The number of aliphatic hydroxyl groups is 1. The smallest absolute Gasteiger partial charge is 0.130 e. The highest BCUT2D eigenvalue weighted by molar-refractivity contribution is 5.29. The second-order valence-electron chi connectivity index (χ2n) is 3.95. The predicted octanol–water partition coefficient (Wildman–Crippen LogP) is 2.15. The highest BCUT2D eigenvalue weighted by Crippen LogP contribution is 2.20. The van der Waals surface area contributed by atoms with Gasteiger partial charge in [0.25, 0.3) is 0 Å². The lowest BCUT2D eigenvalue weighted by Crippen LogP contribution is -2.22. The fourth-order valence-corrected chi connectivity index (χ4v) is 1.26. The van der Waals surface area contributed by atoms with Gasteiger partial charge in [0.1, 0.15) is 11.6 Å². The van der Waals surface area contributed by atoms with E-state index in [1.165, 1.54) is 13.2 Å². The fraction of sp³-hybridized carbons (Fsp3) is 0.455. The van der Waals surface area contributed by atoms with Crippen molar-refractivity contribution < 1.29 is 14.2 Å². The van der Waals surface area contributed by atoms with E-state index in [2.05, 4.69) is 0 Å². The Kier molecular flexibility index (Phi) is 3.11. The molecule has 1 aromatic rings. The van der Waals surface area contributed by atoms with Crippen molar-refractivity contribution in [3.05, 3.63) is 29.6 Å². The third kappa shape index (κ3) is 3.00. The van der Waals surface area contributed by atoms with Gasteiger partial charge in [-0.15, -0.1) is 0 Å². The maximum atomic E-state index is 13.4. The Morgan fingerprint density at radius 1 is 1.43 bits per heavy atom. The van der Waals surface area contributed by atoms with Crippen LogP contribution in [0.1, 0.15) is 19.4 Å². The van der Waals surface area contributed by atoms with Gasteiger partial charge in [0.2, 0.25) is 0 Å². The van der Waals surface area contributed by atoms with Crippen LogP contribution in [-0.2, 0) is 6.42 Å². The van der Waals surface area contributed by atoms with Gasteiger partial charge in [-0.3, -0.25) is 0 Å². The average molecular weight is 198 g/mol. The van der Waals surface area contributed by atoms with Gasteiger partial charge in [-0.25, -0.2) is 4.39 Å². The molecule has 1 N–H and O–H groups in total. The summed E-state index contributed by atoms with van der Waals surface area (Å²) < 4.78 is 18.3. The van der Waals surface area contributed by atoms with Crippen LogP contribution in [0.15, 0.2) is 18.2 Å². The van der Waals surface area contributed by atoms with E-state index in [9.17, 15) is 9.50 Å². The van der Waals surface area contributed by atoms with Crippen LogP contribution in [0.25, 0.3) is 0 Å². The molecule has 78 valence electrons. The summed E-state index contributed by atoms with van der Waals surface area (Å²) in [6, 6.07) is 4.64. The second kappa shape index (κ2) is 3.96. The molecule has 0 aromatic heterocycles. The summed E-state index contributed by atoms with van der Waals surface area (Å²) in [4.78, 5) is 0. The first-order chi connectivity index (χ1) is 6.42. The highest BCUT2D eigenvalue weighted by Gasteiger charge is 2.16.